The van der Waals surface area contributed by atoms with Gasteiger partial charge in [0, 0.05) is 19.6 Å². The number of ether oxygens (including phenoxy) is 2. The number of carboxylic acids is 1. The van der Waals surface area contributed by atoms with Crippen LogP contribution in [0.25, 0.3) is 11.1 Å². The van der Waals surface area contributed by atoms with Gasteiger partial charge < -0.3 is 14.6 Å². The lowest BCUT2D eigenvalue weighted by molar-refractivity contribution is -0.132. The minimum Gasteiger partial charge on any atom is -0.478 e. The third-order valence-electron chi connectivity index (χ3n) is 10.7. The van der Waals surface area contributed by atoms with Gasteiger partial charge in [-0.05, 0) is 54.2 Å². The fraction of sp³-hybridized carbons (Fsp3) is 0.638. The molecule has 0 aliphatic heterocycles. The van der Waals surface area contributed by atoms with Crippen LogP contribution in [0, 0.1) is 0 Å². The van der Waals surface area contributed by atoms with Crippen molar-refractivity contribution in [3.8, 4) is 11.1 Å². The van der Waals surface area contributed by atoms with Crippen LogP contribution in [0.3, 0.4) is 0 Å². The van der Waals surface area contributed by atoms with Crippen LogP contribution in [0.1, 0.15) is 186 Å². The van der Waals surface area contributed by atoms with Crippen LogP contribution in [0.2, 0.25) is 0 Å². The Balaban J connectivity index is 1.46. The predicted molar refractivity (Wildman–Crippen MR) is 216 cm³/mol. The average Bonchev–Trinajstić information content (AvgIpc) is 3.16. The first kappa shape index (κ1) is 42.7. The summed E-state index contributed by atoms with van der Waals surface area (Å²) in [7, 11) is 0. The number of carboxylic acid groups (broad SMARTS) is 1. The summed E-state index contributed by atoms with van der Waals surface area (Å²) in [5, 5.41) is 9.63. The molecule has 0 amide bonds. The Bertz CT molecular complexity index is 1260. The Morgan fingerprint density at radius 3 is 1.65 bits per heavy atom. The van der Waals surface area contributed by atoms with E-state index >= 15 is 0 Å². The summed E-state index contributed by atoms with van der Waals surface area (Å²) in [5.41, 5.74) is 4.15. The van der Waals surface area contributed by atoms with Crippen LogP contribution in [-0.4, -0.2) is 24.3 Å². The number of aliphatic carboxylic acids is 1. The fourth-order valence-electron chi connectivity index (χ4n) is 7.35. The van der Waals surface area contributed by atoms with Crippen molar-refractivity contribution in [2.45, 2.75) is 180 Å². The lowest BCUT2D eigenvalue weighted by atomic mass is 9.81. The number of hydrogen-bond donors (Lipinski definition) is 1. The number of unbranched alkanes of at least 4 members (excludes halogenated alkanes) is 20. The minimum atomic E-state index is -0.896. The van der Waals surface area contributed by atoms with Crippen LogP contribution in [0.4, 0.5) is 0 Å². The molecule has 0 radical (unpaired) electrons. The van der Waals surface area contributed by atoms with Gasteiger partial charge in [-0.15, -0.1) is 0 Å². The smallest absolute Gasteiger partial charge is 0.335 e. The summed E-state index contributed by atoms with van der Waals surface area (Å²) in [5.74, 6) is -0.896. The van der Waals surface area contributed by atoms with E-state index in [-0.39, 0.29) is 6.10 Å². The normalized spacial score (nSPS) is 16.3. The maximum atomic E-state index is 11.7. The van der Waals surface area contributed by atoms with E-state index in [0.29, 0.717) is 18.6 Å². The van der Waals surface area contributed by atoms with Crippen molar-refractivity contribution >= 4 is 5.97 Å². The number of hydrogen-bond acceptors (Lipinski definition) is 3. The third kappa shape index (κ3) is 16.3. The average molecular weight is 701 g/mol. The molecule has 2 atom stereocenters. The van der Waals surface area contributed by atoms with E-state index in [9.17, 15) is 9.90 Å². The van der Waals surface area contributed by atoms with Crippen molar-refractivity contribution in [2.24, 2.45) is 0 Å². The van der Waals surface area contributed by atoms with E-state index in [1.54, 1.807) is 6.08 Å². The molecule has 0 saturated heterocycles. The number of carbonyl (C=O) groups is 1. The first-order valence-corrected chi connectivity index (χ1v) is 21.1. The Morgan fingerprint density at radius 1 is 0.667 bits per heavy atom. The Kier molecular flexibility index (Phi) is 21.9. The summed E-state index contributed by atoms with van der Waals surface area (Å²) in [6.07, 6.45) is 35.1. The van der Waals surface area contributed by atoms with E-state index in [4.69, 9.17) is 9.47 Å². The van der Waals surface area contributed by atoms with Crippen molar-refractivity contribution in [2.75, 3.05) is 13.2 Å². The molecule has 0 saturated carbocycles. The van der Waals surface area contributed by atoms with Gasteiger partial charge in [0.2, 0.25) is 0 Å². The molecule has 2 unspecified atom stereocenters. The molecule has 0 spiro atoms. The van der Waals surface area contributed by atoms with Crippen LogP contribution in [0.15, 0.2) is 72.3 Å². The second-order valence-electron chi connectivity index (χ2n) is 15.0. The second-order valence-corrected chi connectivity index (χ2v) is 15.0. The van der Waals surface area contributed by atoms with Crippen molar-refractivity contribution in [3.63, 3.8) is 0 Å². The monoisotopic (exact) mass is 701 g/mol. The van der Waals surface area contributed by atoms with Crippen molar-refractivity contribution in [1.82, 2.24) is 0 Å². The van der Waals surface area contributed by atoms with Crippen molar-refractivity contribution in [3.05, 3.63) is 83.5 Å². The molecule has 4 nitrogen and oxygen atoms in total. The van der Waals surface area contributed by atoms with Gasteiger partial charge in [0.25, 0.3) is 0 Å². The standard InChI is InChI=1S/C47H72O4/c1-4-6-8-10-12-14-15-16-17-18-19-20-22-26-38-50-40(3)41-30-32-42(33-31-41)44-28-24-25-29-45(44)47(36-34-43(35-37-47)46(48)49)51-39-27-23-21-13-11-9-7-5-2/h24-25,28-36,40H,4-23,26-27,37-39H2,1-3H3,(H,48,49). The molecular formula is C47H72O4. The van der Waals surface area contributed by atoms with Crippen molar-refractivity contribution in [1.29, 1.82) is 0 Å². The number of rotatable bonds is 30. The maximum absolute atomic E-state index is 11.7. The van der Waals surface area contributed by atoms with Crippen LogP contribution >= 0.6 is 0 Å². The van der Waals surface area contributed by atoms with Crippen LogP contribution in [0.5, 0.6) is 0 Å². The summed E-state index contributed by atoms with van der Waals surface area (Å²) >= 11 is 0. The molecule has 51 heavy (non-hydrogen) atoms. The van der Waals surface area contributed by atoms with Gasteiger partial charge >= 0.3 is 5.97 Å². The molecule has 1 aliphatic rings. The highest BCUT2D eigenvalue weighted by molar-refractivity contribution is 5.90. The lowest BCUT2D eigenvalue weighted by Gasteiger charge is -2.34. The first-order chi connectivity index (χ1) is 25.0. The zero-order valence-electron chi connectivity index (χ0n) is 32.8. The van der Waals surface area contributed by atoms with Gasteiger partial charge in [-0.25, -0.2) is 4.79 Å². The molecule has 284 valence electrons. The van der Waals surface area contributed by atoms with E-state index in [1.165, 1.54) is 128 Å². The summed E-state index contributed by atoms with van der Waals surface area (Å²) in [6, 6.07) is 17.2. The minimum absolute atomic E-state index is 0.0541. The highest BCUT2D eigenvalue weighted by Crippen LogP contribution is 2.41. The molecule has 0 fully saturated rings. The molecule has 0 heterocycles. The van der Waals surface area contributed by atoms with E-state index in [2.05, 4.69) is 69.3 Å². The number of benzene rings is 2. The topological polar surface area (TPSA) is 55.8 Å². The van der Waals surface area contributed by atoms with Crippen molar-refractivity contribution < 1.29 is 19.4 Å². The molecule has 1 N–H and O–H groups in total. The van der Waals surface area contributed by atoms with Gasteiger partial charge in [-0.3, -0.25) is 0 Å². The Morgan fingerprint density at radius 2 is 1.16 bits per heavy atom. The van der Waals surface area contributed by atoms with Gasteiger partial charge in [0.15, 0.2) is 0 Å². The van der Waals surface area contributed by atoms with Gasteiger partial charge in [-0.2, -0.15) is 0 Å². The van der Waals surface area contributed by atoms with Gasteiger partial charge in [0.1, 0.15) is 5.60 Å². The molecule has 4 heteroatoms. The fourth-order valence-corrected chi connectivity index (χ4v) is 7.35. The molecule has 2 aromatic carbocycles. The summed E-state index contributed by atoms with van der Waals surface area (Å²) in [6.45, 7) is 8.15. The maximum Gasteiger partial charge on any atom is 0.335 e. The van der Waals surface area contributed by atoms with Gasteiger partial charge in [-0.1, -0.05) is 197 Å². The SMILES string of the molecule is CCCCCCCCCCCCCCCCOC(C)c1ccc(-c2ccccc2C2(OCCCCCCCCCC)C=CC(C(=O)O)=CC2)cc1. The largest absolute Gasteiger partial charge is 0.478 e. The molecule has 3 rings (SSSR count). The predicted octanol–water partition coefficient (Wildman–Crippen LogP) is 14.2. The lowest BCUT2D eigenvalue weighted by Crippen LogP contribution is -2.30. The van der Waals surface area contributed by atoms with Crippen LogP contribution < -0.4 is 0 Å². The van der Waals surface area contributed by atoms with E-state index in [0.717, 1.165) is 42.6 Å². The molecule has 0 bridgehead atoms. The molecule has 0 aromatic heterocycles. The second kappa shape index (κ2) is 26.1. The zero-order chi connectivity index (χ0) is 36.4. The molecule has 2 aromatic rings. The highest BCUT2D eigenvalue weighted by atomic mass is 16.5. The Labute approximate surface area is 312 Å². The zero-order valence-corrected chi connectivity index (χ0v) is 32.8. The van der Waals surface area contributed by atoms with Crippen LogP contribution in [-0.2, 0) is 19.9 Å². The quantitative estimate of drug-likeness (QED) is 0.0824. The summed E-state index contributed by atoms with van der Waals surface area (Å²) < 4.78 is 13.0. The molecular weight excluding hydrogens is 629 g/mol. The van der Waals surface area contributed by atoms with E-state index in [1.807, 2.05) is 12.2 Å². The summed E-state index contributed by atoms with van der Waals surface area (Å²) in [4.78, 5) is 11.7. The highest BCUT2D eigenvalue weighted by Gasteiger charge is 2.34. The van der Waals surface area contributed by atoms with Gasteiger partial charge in [0.05, 0.1) is 11.7 Å². The molecule has 1 aliphatic carbocycles. The Hall–Kier alpha value is -2.69. The first-order valence-electron chi connectivity index (χ1n) is 21.1. The van der Waals surface area contributed by atoms with E-state index < -0.39 is 11.6 Å². The third-order valence-corrected chi connectivity index (χ3v) is 10.7.